The first-order valence-electron chi connectivity index (χ1n) is 10.0. The van der Waals surface area contributed by atoms with Crippen molar-refractivity contribution in [2.75, 3.05) is 32.8 Å². The minimum absolute atomic E-state index is 0. The summed E-state index contributed by atoms with van der Waals surface area (Å²) in [6, 6.07) is 9.32. The van der Waals surface area contributed by atoms with E-state index in [1.165, 1.54) is 0 Å². The van der Waals surface area contributed by atoms with Crippen LogP contribution in [0, 0.1) is 0 Å². The van der Waals surface area contributed by atoms with Crippen LogP contribution in [0.2, 0.25) is 0 Å². The molecule has 0 bridgehead atoms. The molecular formula is C22H27ClN4O3. The summed E-state index contributed by atoms with van der Waals surface area (Å²) in [6.07, 6.45) is 2.73. The lowest BCUT2D eigenvalue weighted by molar-refractivity contribution is 0.0341. The number of aromatic nitrogens is 2. The molecule has 4 rings (SSSR count). The predicted molar refractivity (Wildman–Crippen MR) is 119 cm³/mol. The van der Waals surface area contributed by atoms with Crippen LogP contribution < -0.4 is 5.32 Å². The first kappa shape index (κ1) is 22.1. The maximum absolute atomic E-state index is 12.3. The third-order valence-electron chi connectivity index (χ3n) is 5.17. The number of pyridine rings is 1. The normalized spacial score (nSPS) is 14.4. The zero-order chi connectivity index (χ0) is 20.2. The van der Waals surface area contributed by atoms with Crippen molar-refractivity contribution in [1.82, 2.24) is 20.2 Å². The first-order chi connectivity index (χ1) is 14.2. The number of H-pyrrole nitrogens is 1. The van der Waals surface area contributed by atoms with Crippen molar-refractivity contribution in [1.29, 1.82) is 0 Å². The monoisotopic (exact) mass is 430 g/mol. The summed E-state index contributed by atoms with van der Waals surface area (Å²) in [7, 11) is 0. The largest absolute Gasteiger partial charge is 0.494 e. The number of aromatic hydroxyl groups is 1. The van der Waals surface area contributed by atoms with Crippen LogP contribution in [0.15, 0.2) is 36.5 Å². The molecule has 1 fully saturated rings. The number of benzene rings is 1. The number of halogens is 1. The average molecular weight is 431 g/mol. The molecule has 7 nitrogen and oxygen atoms in total. The summed E-state index contributed by atoms with van der Waals surface area (Å²) in [5, 5.41) is 14.1. The topological polar surface area (TPSA) is 90.5 Å². The van der Waals surface area contributed by atoms with Crippen LogP contribution in [0.25, 0.3) is 22.2 Å². The molecule has 0 saturated carbocycles. The average Bonchev–Trinajstić information content (AvgIpc) is 3.08. The van der Waals surface area contributed by atoms with Crippen LogP contribution >= 0.6 is 12.4 Å². The fraction of sp³-hybridized carbons (Fsp3) is 0.364. The second kappa shape index (κ2) is 9.93. The highest BCUT2D eigenvalue weighted by molar-refractivity contribution is 6.03. The van der Waals surface area contributed by atoms with E-state index in [0.29, 0.717) is 23.4 Å². The van der Waals surface area contributed by atoms with E-state index < -0.39 is 0 Å². The third kappa shape index (κ3) is 4.75. The Morgan fingerprint density at radius 2 is 2.07 bits per heavy atom. The zero-order valence-electron chi connectivity index (χ0n) is 17.0. The molecule has 1 aliphatic rings. The number of nitrogens with one attached hydrogen (secondary N) is 2. The molecule has 160 valence electrons. The van der Waals surface area contributed by atoms with Gasteiger partial charge in [-0.05, 0) is 36.2 Å². The van der Waals surface area contributed by atoms with Gasteiger partial charge in [0.1, 0.15) is 0 Å². The Labute approximate surface area is 181 Å². The molecule has 0 aliphatic carbocycles. The minimum atomic E-state index is -0.116. The Bertz CT molecular complexity index is 998. The van der Waals surface area contributed by atoms with Gasteiger partial charge in [0.15, 0.2) is 5.88 Å². The molecule has 1 aliphatic heterocycles. The fourth-order valence-corrected chi connectivity index (χ4v) is 3.60. The number of rotatable bonds is 6. The number of hydrogen-bond acceptors (Lipinski definition) is 5. The van der Waals surface area contributed by atoms with Crippen molar-refractivity contribution < 1.29 is 14.6 Å². The first-order valence-corrected chi connectivity index (χ1v) is 10.0. The van der Waals surface area contributed by atoms with Crippen molar-refractivity contribution in [3.63, 3.8) is 0 Å². The van der Waals surface area contributed by atoms with Gasteiger partial charge in [0, 0.05) is 48.8 Å². The SMILES string of the molecule is CCCNC(=O)c1ccc2[nH]c(O)c(-c3ccc(CN4CCOCC4)cn3)c2c1.Cl. The quantitative estimate of drug-likeness (QED) is 0.558. The maximum atomic E-state index is 12.3. The van der Waals surface area contributed by atoms with E-state index in [1.54, 1.807) is 12.1 Å². The van der Waals surface area contributed by atoms with Crippen LogP contribution in [-0.4, -0.2) is 58.7 Å². The van der Waals surface area contributed by atoms with E-state index in [4.69, 9.17) is 4.74 Å². The van der Waals surface area contributed by atoms with Crippen molar-refractivity contribution in [3.05, 3.63) is 47.7 Å². The fourth-order valence-electron chi connectivity index (χ4n) is 3.60. The molecule has 0 spiro atoms. The lowest BCUT2D eigenvalue weighted by Gasteiger charge is -2.26. The van der Waals surface area contributed by atoms with Gasteiger partial charge in [-0.15, -0.1) is 12.4 Å². The maximum Gasteiger partial charge on any atom is 0.251 e. The van der Waals surface area contributed by atoms with Gasteiger partial charge in [0.2, 0.25) is 0 Å². The number of nitrogens with zero attached hydrogens (tertiary/aromatic N) is 2. The van der Waals surface area contributed by atoms with Crippen LogP contribution in [0.3, 0.4) is 0 Å². The van der Waals surface area contributed by atoms with Gasteiger partial charge in [-0.2, -0.15) is 0 Å². The zero-order valence-corrected chi connectivity index (χ0v) is 17.8. The number of hydrogen-bond donors (Lipinski definition) is 3. The standard InChI is InChI=1S/C22H26N4O3.ClH/c1-2-7-23-21(27)16-4-6-18-17(12-16)20(22(28)25-18)19-5-3-15(13-24-19)14-26-8-10-29-11-9-26;/h3-6,12-13,25,28H,2,7-11,14H2,1H3,(H,23,27);1H. The van der Waals surface area contributed by atoms with Gasteiger partial charge in [-0.3, -0.25) is 14.7 Å². The molecule has 2 aromatic heterocycles. The Morgan fingerprint density at radius 1 is 1.27 bits per heavy atom. The van der Waals surface area contributed by atoms with Crippen molar-refractivity contribution >= 4 is 29.2 Å². The summed E-state index contributed by atoms with van der Waals surface area (Å²) in [5.41, 5.74) is 3.74. The second-order valence-electron chi connectivity index (χ2n) is 7.31. The van der Waals surface area contributed by atoms with E-state index in [-0.39, 0.29) is 24.2 Å². The van der Waals surface area contributed by atoms with Crippen molar-refractivity contribution in [3.8, 4) is 17.1 Å². The molecule has 8 heteroatoms. The van der Waals surface area contributed by atoms with Gasteiger partial charge in [0.05, 0.1) is 24.5 Å². The van der Waals surface area contributed by atoms with Crippen LogP contribution in [-0.2, 0) is 11.3 Å². The molecule has 0 atom stereocenters. The molecule has 3 aromatic rings. The van der Waals surface area contributed by atoms with Crippen molar-refractivity contribution in [2.45, 2.75) is 19.9 Å². The highest BCUT2D eigenvalue weighted by atomic mass is 35.5. The smallest absolute Gasteiger partial charge is 0.251 e. The summed E-state index contributed by atoms with van der Waals surface area (Å²) >= 11 is 0. The van der Waals surface area contributed by atoms with E-state index in [0.717, 1.165) is 55.7 Å². The molecule has 1 aromatic carbocycles. The number of ether oxygens (including phenoxy) is 1. The Kier molecular flexibility index (Phi) is 7.31. The van der Waals surface area contributed by atoms with Crippen LogP contribution in [0.1, 0.15) is 29.3 Å². The van der Waals surface area contributed by atoms with Gasteiger partial charge in [0.25, 0.3) is 5.91 Å². The van der Waals surface area contributed by atoms with Gasteiger partial charge in [-0.1, -0.05) is 13.0 Å². The number of amides is 1. The highest BCUT2D eigenvalue weighted by Crippen LogP contribution is 2.36. The minimum Gasteiger partial charge on any atom is -0.494 e. The number of fused-ring (bicyclic) bond motifs is 1. The molecule has 0 radical (unpaired) electrons. The van der Waals surface area contributed by atoms with E-state index in [2.05, 4.69) is 20.2 Å². The lowest BCUT2D eigenvalue weighted by Crippen LogP contribution is -2.35. The Morgan fingerprint density at radius 3 is 2.77 bits per heavy atom. The summed E-state index contributed by atoms with van der Waals surface area (Å²) in [6.45, 7) is 6.86. The van der Waals surface area contributed by atoms with E-state index in [9.17, 15) is 9.90 Å². The molecular weight excluding hydrogens is 404 g/mol. The highest BCUT2D eigenvalue weighted by Gasteiger charge is 2.17. The molecule has 3 N–H and O–H groups in total. The van der Waals surface area contributed by atoms with Crippen molar-refractivity contribution in [2.24, 2.45) is 0 Å². The predicted octanol–water partition coefficient (Wildman–Crippen LogP) is 3.33. The third-order valence-corrected chi connectivity index (χ3v) is 5.17. The van der Waals surface area contributed by atoms with Gasteiger partial charge in [-0.25, -0.2) is 0 Å². The number of aromatic amines is 1. The summed E-state index contributed by atoms with van der Waals surface area (Å²) < 4.78 is 5.39. The summed E-state index contributed by atoms with van der Waals surface area (Å²) in [5.74, 6) is -0.0613. The molecule has 1 amide bonds. The number of morpholine rings is 1. The number of carbonyl (C=O) groups is 1. The molecule has 1 saturated heterocycles. The molecule has 30 heavy (non-hydrogen) atoms. The van der Waals surface area contributed by atoms with Crippen LogP contribution in [0.4, 0.5) is 0 Å². The lowest BCUT2D eigenvalue weighted by atomic mass is 10.1. The van der Waals surface area contributed by atoms with E-state index >= 15 is 0 Å². The Hall–Kier alpha value is -2.61. The Balaban J connectivity index is 0.00000256. The second-order valence-corrected chi connectivity index (χ2v) is 7.31. The molecule has 0 unspecified atom stereocenters. The summed E-state index contributed by atoms with van der Waals surface area (Å²) in [4.78, 5) is 22.2. The van der Waals surface area contributed by atoms with Gasteiger partial charge < -0.3 is 20.1 Å². The van der Waals surface area contributed by atoms with Gasteiger partial charge >= 0.3 is 0 Å². The molecule has 3 heterocycles. The number of carbonyl (C=O) groups excluding carboxylic acids is 1. The van der Waals surface area contributed by atoms with E-state index in [1.807, 2.05) is 31.3 Å². The van der Waals surface area contributed by atoms with Crippen LogP contribution in [0.5, 0.6) is 5.88 Å².